The number of piperidine rings is 1. The second-order valence-electron chi connectivity index (χ2n) is 8.45. The van der Waals surface area contributed by atoms with Gasteiger partial charge in [0.1, 0.15) is 11.6 Å². The predicted molar refractivity (Wildman–Crippen MR) is 91.6 cm³/mol. The van der Waals surface area contributed by atoms with E-state index in [1.807, 2.05) is 12.1 Å². The molecule has 1 aromatic carbocycles. The fourth-order valence-corrected chi connectivity index (χ4v) is 6.34. The largest absolute Gasteiger partial charge is 0.504 e. The Balaban J connectivity index is 1.82. The molecule has 2 bridgehead atoms. The molecule has 4 aliphatic rings. The average Bonchev–Trinajstić information content (AvgIpc) is 2.93. The third kappa shape index (κ3) is 1.51. The molecule has 132 valence electrons. The minimum atomic E-state index is -0.992. The highest BCUT2D eigenvalue weighted by atomic mass is 16.5. The van der Waals surface area contributed by atoms with Gasteiger partial charge >= 0.3 is 0 Å². The third-order valence-electron chi connectivity index (χ3n) is 7.45. The van der Waals surface area contributed by atoms with E-state index >= 15 is 0 Å². The van der Waals surface area contributed by atoms with Crippen molar-refractivity contribution in [1.82, 2.24) is 0 Å². The van der Waals surface area contributed by atoms with Gasteiger partial charge in [0.05, 0.1) is 25.6 Å². The third-order valence-corrected chi connectivity index (χ3v) is 7.45. The molecule has 1 spiro atoms. The number of ketones is 1. The number of rotatable bonds is 2. The summed E-state index contributed by atoms with van der Waals surface area (Å²) in [6.45, 7) is 5.57. The molecule has 1 saturated carbocycles. The summed E-state index contributed by atoms with van der Waals surface area (Å²) in [5.41, 5.74) is 0.295. The Hall–Kier alpha value is -1.85. The first-order valence-corrected chi connectivity index (χ1v) is 9.09. The molecule has 1 saturated heterocycles. The first kappa shape index (κ1) is 15.4. The molecule has 5 nitrogen and oxygen atoms in total. The summed E-state index contributed by atoms with van der Waals surface area (Å²) >= 11 is 0. The van der Waals surface area contributed by atoms with Crippen LogP contribution >= 0.6 is 0 Å². The van der Waals surface area contributed by atoms with E-state index in [1.165, 1.54) is 0 Å². The van der Waals surface area contributed by atoms with Gasteiger partial charge in [0.2, 0.25) is 0 Å². The van der Waals surface area contributed by atoms with Crippen molar-refractivity contribution in [3.8, 4) is 11.5 Å². The highest BCUT2D eigenvalue weighted by molar-refractivity contribution is 5.90. The Bertz CT molecular complexity index is 820. The Labute approximate surface area is 147 Å². The first-order chi connectivity index (χ1) is 11.9. The summed E-state index contributed by atoms with van der Waals surface area (Å²) in [6.07, 6.45) is 3.47. The van der Waals surface area contributed by atoms with E-state index in [4.69, 9.17) is 4.74 Å². The first-order valence-electron chi connectivity index (χ1n) is 9.09. The zero-order valence-corrected chi connectivity index (χ0v) is 14.5. The molecule has 5 heteroatoms. The number of hydrogen-bond acceptors (Lipinski definition) is 4. The van der Waals surface area contributed by atoms with Crippen molar-refractivity contribution in [2.75, 3.05) is 20.1 Å². The molecule has 2 aliphatic heterocycles. The van der Waals surface area contributed by atoms with Gasteiger partial charge < -0.3 is 19.4 Å². The van der Waals surface area contributed by atoms with Crippen LogP contribution in [0.3, 0.4) is 0 Å². The van der Waals surface area contributed by atoms with Gasteiger partial charge in [-0.3, -0.25) is 4.79 Å². The van der Waals surface area contributed by atoms with Crippen molar-refractivity contribution < 1.29 is 24.2 Å². The number of phenols is 1. The molecule has 0 radical (unpaired) electrons. The SMILES string of the molecule is C=CC[N@+]1(C)CC[C@@]23c4c5ccc(O)c4OC2C(=O)CCC3(O)C1C5. The summed E-state index contributed by atoms with van der Waals surface area (Å²) < 4.78 is 6.76. The van der Waals surface area contributed by atoms with E-state index in [1.54, 1.807) is 6.07 Å². The van der Waals surface area contributed by atoms with Crippen LogP contribution in [-0.4, -0.2) is 58.4 Å². The molecule has 5 rings (SSSR count). The standard InChI is InChI=1S/C20H23NO4/c1-3-9-21(2)10-8-19-16-12-4-5-13(22)17(16)25-18(19)14(23)6-7-20(19,24)15(21)11-12/h3-5,15,18,24H,1,6-11H2,2H3/p+1/t15?,18?,19-,20?,21-/m1/s1. The maximum Gasteiger partial charge on any atom is 0.174 e. The number of carbonyl (C=O) groups excluding carboxylic acids is 1. The number of carbonyl (C=O) groups is 1. The van der Waals surface area contributed by atoms with E-state index in [-0.39, 0.29) is 17.6 Å². The molecule has 2 N–H and O–H groups in total. The van der Waals surface area contributed by atoms with Crippen LogP contribution in [0.15, 0.2) is 24.8 Å². The molecule has 2 heterocycles. The lowest BCUT2D eigenvalue weighted by atomic mass is 9.48. The number of benzene rings is 1. The normalized spacial score (nSPS) is 43.4. The lowest BCUT2D eigenvalue weighted by Crippen LogP contribution is -2.80. The maximum atomic E-state index is 12.7. The van der Waals surface area contributed by atoms with Gasteiger partial charge in [-0.25, -0.2) is 0 Å². The predicted octanol–water partition coefficient (Wildman–Crippen LogP) is 1.45. The number of likely N-dealkylation sites (tertiary alicyclic amines) is 1. The summed E-state index contributed by atoms with van der Waals surface area (Å²) in [5.74, 6) is 0.547. The smallest absolute Gasteiger partial charge is 0.174 e. The van der Waals surface area contributed by atoms with Crippen LogP contribution in [-0.2, 0) is 16.6 Å². The van der Waals surface area contributed by atoms with Crippen LogP contribution in [0, 0.1) is 0 Å². The van der Waals surface area contributed by atoms with Crippen molar-refractivity contribution in [3.05, 3.63) is 35.9 Å². The number of hydrogen-bond donors (Lipinski definition) is 2. The highest BCUT2D eigenvalue weighted by Gasteiger charge is 2.76. The lowest BCUT2D eigenvalue weighted by molar-refractivity contribution is -0.944. The zero-order chi connectivity index (χ0) is 17.6. The van der Waals surface area contributed by atoms with Crippen molar-refractivity contribution in [3.63, 3.8) is 0 Å². The highest BCUT2D eigenvalue weighted by Crippen LogP contribution is 2.65. The van der Waals surface area contributed by atoms with E-state index in [9.17, 15) is 15.0 Å². The molecule has 0 aromatic heterocycles. The van der Waals surface area contributed by atoms with Crippen LogP contribution in [0.4, 0.5) is 0 Å². The molecule has 3 unspecified atom stereocenters. The number of likely N-dealkylation sites (N-methyl/N-ethyl adjacent to an activating group) is 1. The minimum Gasteiger partial charge on any atom is -0.504 e. The Morgan fingerprint density at radius 3 is 3.00 bits per heavy atom. The Morgan fingerprint density at radius 1 is 1.44 bits per heavy atom. The van der Waals surface area contributed by atoms with Crippen LogP contribution in [0.2, 0.25) is 0 Å². The van der Waals surface area contributed by atoms with Crippen LogP contribution in [0.25, 0.3) is 0 Å². The number of quaternary nitrogens is 1. The fraction of sp³-hybridized carbons (Fsp3) is 0.550. The summed E-state index contributed by atoms with van der Waals surface area (Å²) in [7, 11) is 2.19. The summed E-state index contributed by atoms with van der Waals surface area (Å²) in [5, 5.41) is 22.3. The van der Waals surface area contributed by atoms with E-state index < -0.39 is 17.1 Å². The number of phenolic OH excluding ortho intramolecular Hbond substituents is 1. The number of Topliss-reactive ketones (excluding diaryl/α,β-unsaturated/α-hetero) is 1. The molecular weight excluding hydrogens is 318 g/mol. The van der Waals surface area contributed by atoms with Crippen molar-refractivity contribution in [2.45, 2.75) is 48.8 Å². The monoisotopic (exact) mass is 342 g/mol. The van der Waals surface area contributed by atoms with Crippen LogP contribution in [0.1, 0.15) is 30.4 Å². The molecule has 2 fully saturated rings. The number of aromatic hydroxyl groups is 1. The van der Waals surface area contributed by atoms with Gasteiger partial charge in [-0.1, -0.05) is 12.6 Å². The van der Waals surface area contributed by atoms with Gasteiger partial charge in [0, 0.05) is 24.8 Å². The van der Waals surface area contributed by atoms with Crippen LogP contribution in [0.5, 0.6) is 11.5 Å². The summed E-state index contributed by atoms with van der Waals surface area (Å²) in [6, 6.07) is 3.60. The van der Waals surface area contributed by atoms with E-state index in [0.29, 0.717) is 25.0 Å². The number of nitrogens with zero attached hydrogens (tertiary/aromatic N) is 1. The second kappa shape index (κ2) is 4.46. The zero-order valence-electron chi connectivity index (χ0n) is 14.5. The number of ether oxygens (including phenoxy) is 1. The molecular formula is C20H24NO4+. The van der Waals surface area contributed by atoms with Crippen molar-refractivity contribution in [1.29, 1.82) is 0 Å². The van der Waals surface area contributed by atoms with Crippen molar-refractivity contribution >= 4 is 5.78 Å². The Kier molecular flexibility index (Phi) is 2.75. The Morgan fingerprint density at radius 2 is 2.24 bits per heavy atom. The lowest BCUT2D eigenvalue weighted by Gasteiger charge is -2.64. The quantitative estimate of drug-likeness (QED) is 0.631. The van der Waals surface area contributed by atoms with Crippen molar-refractivity contribution in [2.24, 2.45) is 0 Å². The fourth-order valence-electron chi connectivity index (χ4n) is 6.34. The van der Waals surface area contributed by atoms with E-state index in [0.717, 1.165) is 35.1 Å². The average molecular weight is 342 g/mol. The van der Waals surface area contributed by atoms with Gasteiger partial charge in [0.25, 0.3) is 0 Å². The van der Waals surface area contributed by atoms with Gasteiger partial charge in [0.15, 0.2) is 23.4 Å². The maximum absolute atomic E-state index is 12.7. The summed E-state index contributed by atoms with van der Waals surface area (Å²) in [4.78, 5) is 12.7. The van der Waals surface area contributed by atoms with Gasteiger partial charge in [-0.15, -0.1) is 0 Å². The number of aliphatic hydroxyl groups is 1. The minimum absolute atomic E-state index is 0.00134. The van der Waals surface area contributed by atoms with Crippen LogP contribution < -0.4 is 4.74 Å². The topological polar surface area (TPSA) is 66.8 Å². The second-order valence-corrected chi connectivity index (χ2v) is 8.45. The van der Waals surface area contributed by atoms with Gasteiger partial charge in [-0.05, 0) is 24.1 Å². The molecule has 1 aromatic rings. The molecule has 25 heavy (non-hydrogen) atoms. The van der Waals surface area contributed by atoms with E-state index in [2.05, 4.69) is 13.6 Å². The molecule has 0 amide bonds. The molecule has 2 aliphatic carbocycles. The molecule has 5 atom stereocenters. The van der Waals surface area contributed by atoms with Gasteiger partial charge in [-0.2, -0.15) is 0 Å².